The molecule has 5 nitrogen and oxygen atoms in total. The number of hydrogen-bond donors (Lipinski definition) is 2. The number of nitrogens with one attached hydrogen (secondary N) is 1. The second kappa shape index (κ2) is 7.76. The van der Waals surface area contributed by atoms with Gasteiger partial charge in [-0.25, -0.2) is 4.39 Å². The van der Waals surface area contributed by atoms with Crippen LogP contribution in [0.2, 0.25) is 5.02 Å². The smallest absolute Gasteiger partial charge is 0.219 e. The molecule has 2 heterocycles. The summed E-state index contributed by atoms with van der Waals surface area (Å²) >= 11 is 6.17. The van der Waals surface area contributed by atoms with Crippen molar-refractivity contribution >= 4 is 23.2 Å². The molecule has 2 aliphatic heterocycles. The van der Waals surface area contributed by atoms with E-state index < -0.39 is 5.66 Å². The summed E-state index contributed by atoms with van der Waals surface area (Å²) in [6.45, 7) is 2.79. The van der Waals surface area contributed by atoms with Crippen LogP contribution in [0.1, 0.15) is 43.4 Å². The number of carbonyl (C=O) groups excluding carboxylic acids is 1. The second-order valence-electron chi connectivity index (χ2n) is 7.71. The van der Waals surface area contributed by atoms with Crippen molar-refractivity contribution < 1.29 is 14.3 Å². The maximum atomic E-state index is 13.4. The van der Waals surface area contributed by atoms with Gasteiger partial charge in [-0.1, -0.05) is 23.7 Å². The SMILES string of the molecule is CC(=O)N1CCC2(CC1)N=C(c1cc(Cl)ccc1O)C[C@@H](c1ccc(F)cc1)N2. The fourth-order valence-corrected chi connectivity index (χ4v) is 4.33. The molecule has 7 heteroatoms. The van der Waals surface area contributed by atoms with E-state index >= 15 is 0 Å². The van der Waals surface area contributed by atoms with E-state index in [1.54, 1.807) is 37.3 Å². The highest BCUT2D eigenvalue weighted by Gasteiger charge is 2.40. The molecule has 1 fully saturated rings. The fraction of sp³-hybridized carbons (Fsp3) is 0.364. The van der Waals surface area contributed by atoms with E-state index in [9.17, 15) is 14.3 Å². The molecule has 152 valence electrons. The van der Waals surface area contributed by atoms with Gasteiger partial charge in [0.05, 0.1) is 0 Å². The van der Waals surface area contributed by atoms with Gasteiger partial charge in [-0.3, -0.25) is 15.1 Å². The predicted octanol–water partition coefficient (Wildman–Crippen LogP) is 4.05. The average Bonchev–Trinajstić information content (AvgIpc) is 2.70. The Morgan fingerprint density at radius 3 is 2.59 bits per heavy atom. The minimum atomic E-state index is -0.548. The number of rotatable bonds is 2. The zero-order valence-electron chi connectivity index (χ0n) is 16.2. The molecular weight excluding hydrogens is 393 g/mol. The minimum Gasteiger partial charge on any atom is -0.507 e. The summed E-state index contributed by atoms with van der Waals surface area (Å²) in [6, 6.07) is 11.3. The number of nitrogens with zero attached hydrogens (tertiary/aromatic N) is 2. The monoisotopic (exact) mass is 415 g/mol. The molecule has 0 aromatic heterocycles. The molecule has 0 bridgehead atoms. The zero-order valence-corrected chi connectivity index (χ0v) is 16.9. The van der Waals surface area contributed by atoms with Crippen LogP contribution in [-0.4, -0.2) is 40.4 Å². The molecule has 2 aromatic rings. The van der Waals surface area contributed by atoms with Crippen molar-refractivity contribution in [1.29, 1.82) is 0 Å². The van der Waals surface area contributed by atoms with Gasteiger partial charge >= 0.3 is 0 Å². The standard InChI is InChI=1S/C22H23ClFN3O2/c1-14(28)27-10-8-22(9-11-27)25-19(15-2-5-17(24)6-3-15)13-20(26-22)18-12-16(23)4-7-21(18)29/h2-7,12,19,25,29H,8-11,13H2,1H3/t19-/m0/s1. The number of halogens is 2. The number of phenolic OH excluding ortho intramolecular Hbond substituents is 1. The van der Waals surface area contributed by atoms with Gasteiger partial charge in [0.15, 0.2) is 0 Å². The summed E-state index contributed by atoms with van der Waals surface area (Å²) in [5, 5.41) is 14.6. The first-order valence-electron chi connectivity index (χ1n) is 9.71. The van der Waals surface area contributed by atoms with Crippen molar-refractivity contribution in [2.24, 2.45) is 4.99 Å². The molecule has 0 unspecified atom stereocenters. The average molecular weight is 416 g/mol. The molecule has 29 heavy (non-hydrogen) atoms. The van der Waals surface area contributed by atoms with Gasteiger partial charge in [0.1, 0.15) is 17.2 Å². The number of phenols is 1. The molecule has 1 amide bonds. The van der Waals surface area contributed by atoms with Gasteiger partial charge in [0.25, 0.3) is 0 Å². The van der Waals surface area contributed by atoms with Crippen LogP contribution in [0.3, 0.4) is 0 Å². The molecule has 2 aromatic carbocycles. The Bertz CT molecular complexity index is 953. The number of aromatic hydroxyl groups is 1. The zero-order chi connectivity index (χ0) is 20.6. The number of carbonyl (C=O) groups is 1. The number of likely N-dealkylation sites (tertiary alicyclic amines) is 1. The van der Waals surface area contributed by atoms with Crippen molar-refractivity contribution in [1.82, 2.24) is 10.2 Å². The van der Waals surface area contributed by atoms with E-state index in [1.165, 1.54) is 12.1 Å². The highest BCUT2D eigenvalue weighted by atomic mass is 35.5. The lowest BCUT2D eigenvalue weighted by Gasteiger charge is -2.45. The van der Waals surface area contributed by atoms with Crippen molar-refractivity contribution in [3.05, 3.63) is 64.4 Å². The molecule has 1 saturated heterocycles. The van der Waals surface area contributed by atoms with E-state index in [0.717, 1.165) is 11.3 Å². The Morgan fingerprint density at radius 1 is 1.24 bits per heavy atom. The largest absolute Gasteiger partial charge is 0.507 e. The van der Waals surface area contributed by atoms with Crippen LogP contribution < -0.4 is 5.32 Å². The summed E-state index contributed by atoms with van der Waals surface area (Å²) in [5.74, 6) is -0.0953. The molecule has 0 aliphatic carbocycles. The molecule has 4 rings (SSSR count). The van der Waals surface area contributed by atoms with Crippen LogP contribution in [0, 0.1) is 5.82 Å². The third-order valence-corrected chi connectivity index (χ3v) is 6.00. The van der Waals surface area contributed by atoms with Crippen molar-refractivity contribution in [2.45, 2.75) is 37.9 Å². The first-order valence-corrected chi connectivity index (χ1v) is 10.1. The summed E-state index contributed by atoms with van der Waals surface area (Å²) in [6.07, 6.45) is 1.86. The first kappa shape index (κ1) is 19.9. The maximum absolute atomic E-state index is 13.4. The van der Waals surface area contributed by atoms with E-state index in [4.69, 9.17) is 16.6 Å². The molecule has 0 saturated carbocycles. The van der Waals surface area contributed by atoms with Gasteiger partial charge in [-0.15, -0.1) is 0 Å². The Labute approximate surface area is 174 Å². The predicted molar refractivity (Wildman–Crippen MR) is 111 cm³/mol. The Kier molecular flexibility index (Phi) is 5.32. The van der Waals surface area contributed by atoms with Crippen LogP contribution in [0.25, 0.3) is 0 Å². The summed E-state index contributed by atoms with van der Waals surface area (Å²) < 4.78 is 13.4. The molecule has 1 atom stereocenters. The number of hydrogen-bond acceptors (Lipinski definition) is 4. The molecule has 2 aliphatic rings. The number of aliphatic imine (C=N–C) groups is 1. The van der Waals surface area contributed by atoms with Crippen molar-refractivity contribution in [3.8, 4) is 5.75 Å². The van der Waals surface area contributed by atoms with Gasteiger partial charge in [-0.2, -0.15) is 0 Å². The lowest BCUT2D eigenvalue weighted by atomic mass is 9.87. The van der Waals surface area contributed by atoms with Gasteiger partial charge < -0.3 is 10.0 Å². The highest BCUT2D eigenvalue weighted by Crippen LogP contribution is 2.37. The Balaban J connectivity index is 1.72. The van der Waals surface area contributed by atoms with Gasteiger partial charge in [0.2, 0.25) is 5.91 Å². The third kappa shape index (κ3) is 4.14. The number of amides is 1. The first-order chi connectivity index (χ1) is 13.8. The van der Waals surface area contributed by atoms with Gasteiger partial charge in [-0.05, 0) is 35.9 Å². The van der Waals surface area contributed by atoms with Crippen molar-refractivity contribution in [2.75, 3.05) is 13.1 Å². The highest BCUT2D eigenvalue weighted by molar-refractivity contribution is 6.31. The lowest BCUT2D eigenvalue weighted by molar-refractivity contribution is -0.130. The van der Waals surface area contributed by atoms with Crippen molar-refractivity contribution in [3.63, 3.8) is 0 Å². The maximum Gasteiger partial charge on any atom is 0.219 e. The van der Waals surface area contributed by atoms with Crippen LogP contribution in [0.4, 0.5) is 4.39 Å². The lowest BCUT2D eigenvalue weighted by Crippen LogP contribution is -2.56. The number of benzene rings is 2. The van der Waals surface area contributed by atoms with E-state index in [-0.39, 0.29) is 23.5 Å². The Hall–Kier alpha value is -2.44. The Morgan fingerprint density at radius 2 is 1.93 bits per heavy atom. The topological polar surface area (TPSA) is 64.9 Å². The quantitative estimate of drug-likeness (QED) is 0.777. The number of piperidine rings is 1. The summed E-state index contributed by atoms with van der Waals surface area (Å²) in [4.78, 5) is 18.6. The summed E-state index contributed by atoms with van der Waals surface area (Å²) in [7, 11) is 0. The molecule has 1 spiro atoms. The van der Waals surface area contributed by atoms with Crippen LogP contribution >= 0.6 is 11.6 Å². The van der Waals surface area contributed by atoms with E-state index in [0.29, 0.717) is 42.9 Å². The molecule has 0 radical (unpaired) electrons. The fourth-order valence-electron chi connectivity index (χ4n) is 4.16. The molecule has 2 N–H and O–H groups in total. The molecular formula is C22H23ClFN3O2. The summed E-state index contributed by atoms with van der Waals surface area (Å²) in [5.41, 5.74) is 1.77. The van der Waals surface area contributed by atoms with Crippen LogP contribution in [0.5, 0.6) is 5.75 Å². The van der Waals surface area contributed by atoms with Gasteiger partial charge in [0, 0.05) is 61.6 Å². The minimum absolute atomic E-state index is 0.0578. The van der Waals surface area contributed by atoms with E-state index in [2.05, 4.69) is 5.32 Å². The normalized spacial score (nSPS) is 21.1. The second-order valence-corrected chi connectivity index (χ2v) is 8.15. The van der Waals surface area contributed by atoms with E-state index in [1.807, 2.05) is 4.90 Å². The van der Waals surface area contributed by atoms with Crippen LogP contribution in [0.15, 0.2) is 47.5 Å². The third-order valence-electron chi connectivity index (χ3n) is 5.77. The van der Waals surface area contributed by atoms with Crippen LogP contribution in [-0.2, 0) is 4.79 Å².